The van der Waals surface area contributed by atoms with Crippen molar-refractivity contribution in [2.24, 2.45) is 0 Å². The highest BCUT2D eigenvalue weighted by Crippen LogP contribution is 2.32. The molecule has 3 rings (SSSR count). The third kappa shape index (κ3) is 3.98. The third-order valence-corrected chi connectivity index (χ3v) is 6.37. The summed E-state index contributed by atoms with van der Waals surface area (Å²) in [6, 6.07) is 7.52. The van der Waals surface area contributed by atoms with Crippen LogP contribution in [0.25, 0.3) is 0 Å². The molecule has 1 saturated heterocycles. The molecule has 8 nitrogen and oxygen atoms in total. The van der Waals surface area contributed by atoms with Crippen LogP contribution < -0.4 is 9.46 Å². The lowest BCUT2D eigenvalue weighted by atomic mass is 10.0. The molecule has 1 unspecified atom stereocenters. The normalized spacial score (nSPS) is 17.3. The molecule has 1 aliphatic heterocycles. The summed E-state index contributed by atoms with van der Waals surface area (Å²) in [7, 11) is -2.26. The van der Waals surface area contributed by atoms with Crippen LogP contribution in [0.2, 0.25) is 0 Å². The number of ether oxygens (including phenoxy) is 1. The summed E-state index contributed by atoms with van der Waals surface area (Å²) in [5.41, 5.74) is 1.28. The number of aryl methyl sites for hydroxylation is 2. The van der Waals surface area contributed by atoms with E-state index in [1.54, 1.807) is 18.9 Å². The van der Waals surface area contributed by atoms with Gasteiger partial charge in [0.15, 0.2) is 5.76 Å². The first-order valence-corrected chi connectivity index (χ1v) is 10.2. The highest BCUT2D eigenvalue weighted by atomic mass is 32.2. The summed E-state index contributed by atoms with van der Waals surface area (Å²) in [4.78, 5) is 14.4. The van der Waals surface area contributed by atoms with Gasteiger partial charge in [-0.15, -0.1) is 0 Å². The number of likely N-dealkylation sites (tertiary alicyclic amines) is 1. The van der Waals surface area contributed by atoms with Crippen LogP contribution in [0.3, 0.4) is 0 Å². The van der Waals surface area contributed by atoms with Crippen LogP contribution in [0, 0.1) is 13.8 Å². The first-order valence-electron chi connectivity index (χ1n) is 8.69. The average molecular weight is 393 g/mol. The first-order chi connectivity index (χ1) is 12.8. The molecule has 0 radical (unpaired) electrons. The average Bonchev–Trinajstić information content (AvgIpc) is 3.27. The quantitative estimate of drug-likeness (QED) is 0.805. The Hall–Kier alpha value is -2.39. The van der Waals surface area contributed by atoms with Gasteiger partial charge in [-0.2, -0.15) is 0 Å². The molecule has 1 aliphatic rings. The predicted octanol–water partition coefficient (Wildman–Crippen LogP) is 1.94. The van der Waals surface area contributed by atoms with E-state index in [0.29, 0.717) is 6.54 Å². The summed E-state index contributed by atoms with van der Waals surface area (Å²) in [6.45, 7) is 3.37. The molecule has 146 valence electrons. The largest absolute Gasteiger partial charge is 0.497 e. The predicted molar refractivity (Wildman–Crippen MR) is 97.8 cm³/mol. The second-order valence-corrected chi connectivity index (χ2v) is 8.20. The number of methoxy groups -OCH3 is 1. The minimum absolute atomic E-state index is 0.0107. The SMILES string of the molecule is COc1ccc(C2CCCN2C(=O)CNS(=O)(=O)c2c(C)noc2C)cc1. The third-order valence-electron chi connectivity index (χ3n) is 4.72. The number of nitrogens with one attached hydrogen (secondary N) is 1. The van der Waals surface area contributed by atoms with Gasteiger partial charge in [-0.1, -0.05) is 17.3 Å². The van der Waals surface area contributed by atoms with Crippen LogP contribution in [-0.2, 0) is 14.8 Å². The van der Waals surface area contributed by atoms with Gasteiger partial charge in [0.05, 0.1) is 19.7 Å². The van der Waals surface area contributed by atoms with E-state index < -0.39 is 10.0 Å². The van der Waals surface area contributed by atoms with Crippen molar-refractivity contribution in [2.45, 2.75) is 37.6 Å². The molecule has 2 heterocycles. The highest BCUT2D eigenvalue weighted by Gasteiger charge is 2.31. The highest BCUT2D eigenvalue weighted by molar-refractivity contribution is 7.89. The van der Waals surface area contributed by atoms with E-state index in [0.717, 1.165) is 24.2 Å². The van der Waals surface area contributed by atoms with Crippen LogP contribution in [0.15, 0.2) is 33.7 Å². The van der Waals surface area contributed by atoms with Crippen LogP contribution in [0.5, 0.6) is 5.75 Å². The van der Waals surface area contributed by atoms with Crippen molar-refractivity contribution >= 4 is 15.9 Å². The molecular weight excluding hydrogens is 370 g/mol. The Morgan fingerprint density at radius 2 is 2.04 bits per heavy atom. The van der Waals surface area contributed by atoms with Gasteiger partial charge < -0.3 is 14.2 Å². The monoisotopic (exact) mass is 393 g/mol. The number of nitrogens with zero attached hydrogens (tertiary/aromatic N) is 2. The van der Waals surface area contributed by atoms with E-state index in [1.165, 1.54) is 6.92 Å². The van der Waals surface area contributed by atoms with Crippen molar-refractivity contribution in [3.8, 4) is 5.75 Å². The molecular formula is C18H23N3O5S. The fourth-order valence-corrected chi connectivity index (χ4v) is 4.73. The summed E-state index contributed by atoms with van der Waals surface area (Å²) in [6.07, 6.45) is 1.72. The molecule has 9 heteroatoms. The van der Waals surface area contributed by atoms with E-state index >= 15 is 0 Å². The molecule has 27 heavy (non-hydrogen) atoms. The Morgan fingerprint density at radius 1 is 1.33 bits per heavy atom. The number of benzene rings is 1. The van der Waals surface area contributed by atoms with Gasteiger partial charge in [0.2, 0.25) is 15.9 Å². The van der Waals surface area contributed by atoms with Crippen molar-refractivity contribution in [3.63, 3.8) is 0 Å². The zero-order valence-electron chi connectivity index (χ0n) is 15.6. The Bertz CT molecular complexity index is 901. The van der Waals surface area contributed by atoms with Crippen molar-refractivity contribution in [3.05, 3.63) is 41.3 Å². The molecule has 1 aromatic heterocycles. The topological polar surface area (TPSA) is 102 Å². The van der Waals surface area contributed by atoms with Crippen molar-refractivity contribution in [1.29, 1.82) is 0 Å². The fraction of sp³-hybridized carbons (Fsp3) is 0.444. The minimum atomic E-state index is -3.86. The molecule has 1 atom stereocenters. The summed E-state index contributed by atoms with van der Waals surface area (Å²) in [5.74, 6) is 0.690. The first kappa shape index (κ1) is 19.4. The molecule has 0 spiro atoms. The van der Waals surface area contributed by atoms with E-state index in [4.69, 9.17) is 9.26 Å². The van der Waals surface area contributed by atoms with Crippen molar-refractivity contribution < 1.29 is 22.5 Å². The van der Waals surface area contributed by atoms with Gasteiger partial charge in [-0.05, 0) is 44.4 Å². The molecule has 2 aromatic rings. The van der Waals surface area contributed by atoms with Crippen LogP contribution >= 0.6 is 0 Å². The summed E-state index contributed by atoms with van der Waals surface area (Å²) >= 11 is 0. The number of amides is 1. The van der Waals surface area contributed by atoms with Gasteiger partial charge in [0.25, 0.3) is 0 Å². The summed E-state index contributed by atoms with van der Waals surface area (Å²) in [5, 5.41) is 3.65. The van der Waals surface area contributed by atoms with Crippen LogP contribution in [0.4, 0.5) is 0 Å². The Kier molecular flexibility index (Phi) is 5.52. The van der Waals surface area contributed by atoms with Gasteiger partial charge >= 0.3 is 0 Å². The maximum atomic E-state index is 12.7. The zero-order chi connectivity index (χ0) is 19.6. The van der Waals surface area contributed by atoms with Crippen molar-refractivity contribution in [1.82, 2.24) is 14.8 Å². The lowest BCUT2D eigenvalue weighted by molar-refractivity contribution is -0.130. The van der Waals surface area contributed by atoms with E-state index in [9.17, 15) is 13.2 Å². The smallest absolute Gasteiger partial charge is 0.246 e. The lowest BCUT2D eigenvalue weighted by Gasteiger charge is -2.25. The number of carbonyl (C=O) groups excluding carboxylic acids is 1. The maximum Gasteiger partial charge on any atom is 0.246 e. The lowest BCUT2D eigenvalue weighted by Crippen LogP contribution is -2.40. The number of rotatable bonds is 6. The van der Waals surface area contributed by atoms with E-state index in [-0.39, 0.29) is 34.8 Å². The van der Waals surface area contributed by atoms with Gasteiger partial charge in [-0.3, -0.25) is 4.79 Å². The molecule has 1 fully saturated rings. The number of aromatic nitrogens is 1. The zero-order valence-corrected chi connectivity index (χ0v) is 16.4. The minimum Gasteiger partial charge on any atom is -0.497 e. The van der Waals surface area contributed by atoms with Gasteiger partial charge in [0, 0.05) is 6.54 Å². The molecule has 1 N–H and O–H groups in total. The number of carbonyl (C=O) groups is 1. The second-order valence-electron chi connectivity index (χ2n) is 6.50. The van der Waals surface area contributed by atoms with E-state index in [2.05, 4.69) is 9.88 Å². The Morgan fingerprint density at radius 3 is 2.63 bits per heavy atom. The number of hydrogen-bond donors (Lipinski definition) is 1. The number of sulfonamides is 1. The number of hydrogen-bond acceptors (Lipinski definition) is 6. The summed E-state index contributed by atoms with van der Waals surface area (Å²) < 4.78 is 37.4. The van der Waals surface area contributed by atoms with E-state index in [1.807, 2.05) is 24.3 Å². The Labute approximate surface area is 158 Å². The van der Waals surface area contributed by atoms with Gasteiger partial charge in [0.1, 0.15) is 16.3 Å². The standard InChI is InChI=1S/C18H23N3O5S/c1-12-18(13(2)26-20-12)27(23,24)19-11-17(22)21-10-4-5-16(21)14-6-8-15(25-3)9-7-14/h6-9,16,19H,4-5,10-11H2,1-3H3. The van der Waals surface area contributed by atoms with Gasteiger partial charge in [-0.25, -0.2) is 13.1 Å². The molecule has 1 aromatic carbocycles. The Balaban J connectivity index is 1.69. The molecule has 0 saturated carbocycles. The molecule has 0 aliphatic carbocycles. The molecule has 0 bridgehead atoms. The van der Waals surface area contributed by atoms with Crippen molar-refractivity contribution in [2.75, 3.05) is 20.2 Å². The molecule has 1 amide bonds. The van der Waals surface area contributed by atoms with Crippen LogP contribution in [-0.4, -0.2) is 44.6 Å². The second kappa shape index (κ2) is 7.69. The maximum absolute atomic E-state index is 12.7. The fourth-order valence-electron chi connectivity index (χ4n) is 3.43. The van der Waals surface area contributed by atoms with Crippen LogP contribution in [0.1, 0.15) is 35.9 Å².